The average Bonchev–Trinajstić information content (AvgIpc) is 1.97. The van der Waals surface area contributed by atoms with Crippen LogP contribution in [0.15, 0.2) is 0 Å². The maximum Gasteiger partial charge on any atom is 0.225 e. The molecule has 0 fully saturated rings. The topological polar surface area (TPSA) is 176 Å². The number of nitrogens with two attached hydrogens (primary N) is 1. The molecule has 0 aromatic heterocycles. The van der Waals surface area contributed by atoms with Gasteiger partial charge in [-0.3, -0.25) is 9.59 Å². The van der Waals surface area contributed by atoms with Gasteiger partial charge in [0, 0.05) is 0 Å². The highest BCUT2D eigenvalue weighted by Gasteiger charge is 2.16. The molecule has 16 heavy (non-hydrogen) atoms. The summed E-state index contributed by atoms with van der Waals surface area (Å²) in [5.41, 5.74) is 4.67. The molecule has 0 aromatic carbocycles. The largest absolute Gasteiger partial charge is 0.810 e. The molecule has 92 valence electrons. The summed E-state index contributed by atoms with van der Waals surface area (Å²) in [6.07, 6.45) is -2.15. The summed E-state index contributed by atoms with van der Waals surface area (Å²) in [4.78, 5) is 51.9. The van der Waals surface area contributed by atoms with Gasteiger partial charge in [0.15, 0.2) is 0 Å². The van der Waals surface area contributed by atoms with Crippen LogP contribution in [0.1, 0.15) is 6.42 Å². The van der Waals surface area contributed by atoms with Gasteiger partial charge in [0.2, 0.25) is 11.8 Å². The van der Waals surface area contributed by atoms with Crippen molar-refractivity contribution >= 4 is 25.4 Å². The Balaban J connectivity index is 4.41. The first kappa shape index (κ1) is 14.6. The number of amides is 2. The highest BCUT2D eigenvalue weighted by Crippen LogP contribution is 2.21. The predicted molar refractivity (Wildman–Crippen MR) is 43.2 cm³/mol. The lowest BCUT2D eigenvalue weighted by atomic mass is 10.2. The van der Waals surface area contributed by atoms with Crippen LogP contribution < -0.4 is 25.9 Å². The number of hydrogen-bond acceptors (Lipinski definition) is 7. The Morgan fingerprint density at radius 3 is 2.12 bits per heavy atom. The summed E-state index contributed by atoms with van der Waals surface area (Å²) in [6, 6.07) is -1.75. The molecule has 0 saturated carbocycles. The van der Waals surface area contributed by atoms with E-state index in [4.69, 9.17) is 0 Å². The number of primary amides is 1. The van der Waals surface area contributed by atoms with Crippen LogP contribution in [-0.4, -0.2) is 30.0 Å². The van der Waals surface area contributed by atoms with Crippen molar-refractivity contribution < 1.29 is 33.8 Å². The van der Waals surface area contributed by atoms with Crippen molar-refractivity contribution in [3.8, 4) is 0 Å². The van der Waals surface area contributed by atoms with Gasteiger partial charge in [-0.15, -0.1) is 0 Å². The first-order chi connectivity index (χ1) is 7.11. The number of hydrogen-bond donors (Lipinski definition) is 2. The third-order valence-corrected chi connectivity index (χ3v) is 2.04. The van der Waals surface area contributed by atoms with Gasteiger partial charge in [-0.25, -0.2) is 0 Å². The fourth-order valence-electron chi connectivity index (χ4n) is 0.810. The monoisotopic (exact) mass is 251 g/mol. The Hall–Kier alpha value is -1.44. The highest BCUT2D eigenvalue weighted by molar-refractivity contribution is 7.49. The van der Waals surface area contributed by atoms with Crippen molar-refractivity contribution in [2.75, 3.05) is 6.16 Å². The van der Waals surface area contributed by atoms with E-state index in [0.29, 0.717) is 0 Å². The van der Waals surface area contributed by atoms with Crippen molar-refractivity contribution in [2.45, 2.75) is 12.5 Å². The highest BCUT2D eigenvalue weighted by atomic mass is 31.2. The Morgan fingerprint density at radius 2 is 1.81 bits per heavy atom. The van der Waals surface area contributed by atoms with Crippen LogP contribution >= 0.6 is 7.60 Å². The zero-order valence-corrected chi connectivity index (χ0v) is 8.77. The molecule has 1 atom stereocenters. The second-order valence-corrected chi connectivity index (χ2v) is 4.42. The van der Waals surface area contributed by atoms with Gasteiger partial charge in [-0.1, -0.05) is 7.60 Å². The molecule has 0 heterocycles. The van der Waals surface area contributed by atoms with Gasteiger partial charge in [0.1, 0.15) is 0 Å². The number of nitrogens with one attached hydrogen (secondary N) is 1. The molecule has 0 radical (unpaired) electrons. The first-order valence-electron chi connectivity index (χ1n) is 3.91. The van der Waals surface area contributed by atoms with Crippen LogP contribution in [0.3, 0.4) is 0 Å². The van der Waals surface area contributed by atoms with Gasteiger partial charge in [-0.05, 0) is 0 Å². The number of carbonyl (C=O) groups excluding carboxylic acids is 3. The molecule has 2 amide bonds. The van der Waals surface area contributed by atoms with E-state index >= 15 is 0 Å². The van der Waals surface area contributed by atoms with Gasteiger partial charge in [0.25, 0.3) is 0 Å². The molecular formula is C6H8N2O7P-3. The van der Waals surface area contributed by atoms with E-state index in [9.17, 15) is 33.8 Å². The summed E-state index contributed by atoms with van der Waals surface area (Å²) in [6.45, 7) is 0. The molecule has 0 spiro atoms. The van der Waals surface area contributed by atoms with Crippen LogP contribution in [0.2, 0.25) is 0 Å². The molecule has 0 saturated heterocycles. The SMILES string of the molecule is NC(=O)C[C@H](NC(=O)CP(=O)([O-])[O-])C(=O)[O-]. The van der Waals surface area contributed by atoms with Gasteiger partial charge in [-0.2, -0.15) is 0 Å². The zero-order chi connectivity index (χ0) is 12.9. The van der Waals surface area contributed by atoms with E-state index in [1.165, 1.54) is 0 Å². The van der Waals surface area contributed by atoms with E-state index in [0.717, 1.165) is 0 Å². The number of carboxylic acid groups (broad SMARTS) is 1. The maximum absolute atomic E-state index is 10.8. The number of aliphatic carboxylic acids is 1. The van der Waals surface area contributed by atoms with Crippen molar-refractivity contribution in [2.24, 2.45) is 5.73 Å². The minimum atomic E-state index is -5.08. The lowest BCUT2D eigenvalue weighted by molar-refractivity contribution is -0.313. The fraction of sp³-hybridized carbons (Fsp3) is 0.500. The lowest BCUT2D eigenvalue weighted by Gasteiger charge is -2.29. The first-order valence-corrected chi connectivity index (χ1v) is 5.64. The average molecular weight is 251 g/mol. The van der Waals surface area contributed by atoms with E-state index in [1.54, 1.807) is 5.32 Å². The minimum Gasteiger partial charge on any atom is -0.810 e. The molecule has 0 bridgehead atoms. The van der Waals surface area contributed by atoms with Crippen molar-refractivity contribution in [1.82, 2.24) is 5.32 Å². The van der Waals surface area contributed by atoms with Crippen molar-refractivity contribution in [1.29, 1.82) is 0 Å². The second-order valence-electron chi connectivity index (χ2n) is 2.88. The van der Waals surface area contributed by atoms with Gasteiger partial charge < -0.3 is 35.3 Å². The van der Waals surface area contributed by atoms with E-state index in [1.807, 2.05) is 0 Å². The molecule has 0 unspecified atom stereocenters. The van der Waals surface area contributed by atoms with Crippen LogP contribution in [0, 0.1) is 0 Å². The molecule has 0 aliphatic heterocycles. The Labute approximate surface area is 89.8 Å². The van der Waals surface area contributed by atoms with E-state index in [2.05, 4.69) is 5.73 Å². The molecular weight excluding hydrogens is 243 g/mol. The summed E-state index contributed by atoms with van der Waals surface area (Å²) < 4.78 is 10.2. The molecule has 0 rings (SSSR count). The smallest absolute Gasteiger partial charge is 0.225 e. The molecule has 9 nitrogen and oxygen atoms in total. The standard InChI is InChI=1S/C6H11N2O7P/c7-4(9)1-3(6(11)12)8-5(10)2-16(13,14)15/h3H,1-2H2,(H2,7,9)(H,8,10)(H,11,12)(H2,13,14,15)/p-3/t3-/m0/s1. The molecule has 0 aliphatic carbocycles. The Kier molecular flexibility index (Phi) is 5.09. The normalized spacial score (nSPS) is 12.9. The number of rotatable bonds is 6. The summed E-state index contributed by atoms with van der Waals surface area (Å²) >= 11 is 0. The fourth-order valence-corrected chi connectivity index (χ4v) is 1.25. The quantitative estimate of drug-likeness (QED) is 0.444. The van der Waals surface area contributed by atoms with Crippen LogP contribution in [0.25, 0.3) is 0 Å². The summed E-state index contributed by atoms with van der Waals surface area (Å²) in [5, 5.41) is 12.0. The van der Waals surface area contributed by atoms with Crippen LogP contribution in [-0.2, 0) is 18.9 Å². The molecule has 10 heteroatoms. The lowest BCUT2D eigenvalue weighted by Crippen LogP contribution is -2.50. The van der Waals surface area contributed by atoms with Crippen molar-refractivity contribution in [3.05, 3.63) is 0 Å². The Morgan fingerprint density at radius 1 is 1.31 bits per heavy atom. The number of carbonyl (C=O) groups is 3. The van der Waals surface area contributed by atoms with Crippen LogP contribution in [0.5, 0.6) is 0 Å². The third-order valence-electron chi connectivity index (χ3n) is 1.36. The zero-order valence-electron chi connectivity index (χ0n) is 7.87. The Bertz CT molecular complexity index is 349. The predicted octanol–water partition coefficient (Wildman–Crippen LogP) is -4.99. The van der Waals surface area contributed by atoms with Gasteiger partial charge in [0.05, 0.1) is 24.6 Å². The van der Waals surface area contributed by atoms with Gasteiger partial charge >= 0.3 is 0 Å². The summed E-state index contributed by atoms with van der Waals surface area (Å²) in [7, 11) is -5.08. The molecule has 0 aromatic rings. The van der Waals surface area contributed by atoms with Crippen LogP contribution in [0.4, 0.5) is 0 Å². The van der Waals surface area contributed by atoms with E-state index < -0.39 is 44.0 Å². The molecule has 0 aliphatic rings. The molecule has 3 N–H and O–H groups in total. The third kappa shape index (κ3) is 6.93. The van der Waals surface area contributed by atoms with Crippen molar-refractivity contribution in [3.63, 3.8) is 0 Å². The second kappa shape index (κ2) is 5.59. The van der Waals surface area contributed by atoms with E-state index in [-0.39, 0.29) is 0 Å². The maximum atomic E-state index is 10.8. The summed E-state index contributed by atoms with van der Waals surface area (Å²) in [5.74, 6) is -4.16. The minimum absolute atomic E-state index is 0.754. The number of carboxylic acids is 1.